The number of methoxy groups -OCH3 is 1. The predicted molar refractivity (Wildman–Crippen MR) is 111 cm³/mol. The zero-order valence-electron chi connectivity index (χ0n) is 16.4. The lowest BCUT2D eigenvalue weighted by atomic mass is 9.72. The summed E-state index contributed by atoms with van der Waals surface area (Å²) in [4.78, 5) is 22.9. The van der Waals surface area contributed by atoms with Crippen molar-refractivity contribution in [2.75, 3.05) is 7.11 Å². The molecular weight excluding hydrogens is 356 g/mol. The van der Waals surface area contributed by atoms with Gasteiger partial charge in [0.15, 0.2) is 0 Å². The summed E-state index contributed by atoms with van der Waals surface area (Å²) in [5, 5.41) is 0.811. The van der Waals surface area contributed by atoms with Crippen molar-refractivity contribution in [1.29, 1.82) is 0 Å². The lowest BCUT2D eigenvalue weighted by Crippen LogP contribution is -2.26. The van der Waals surface area contributed by atoms with Crippen LogP contribution in [0.4, 0.5) is 0 Å². The van der Waals surface area contributed by atoms with E-state index in [-0.39, 0.29) is 5.56 Å². The molecular formula is C22H26N2O2S. The van der Waals surface area contributed by atoms with Crippen molar-refractivity contribution >= 4 is 21.6 Å². The topological polar surface area (TPSA) is 55.0 Å². The Labute approximate surface area is 163 Å². The number of nitrogens with one attached hydrogen (secondary N) is 1. The predicted octanol–water partition coefficient (Wildman–Crippen LogP) is 4.74. The van der Waals surface area contributed by atoms with E-state index in [1.165, 1.54) is 10.4 Å². The summed E-state index contributed by atoms with van der Waals surface area (Å²) in [6.07, 6.45) is 3.74. The molecule has 142 valence electrons. The van der Waals surface area contributed by atoms with Crippen molar-refractivity contribution in [3.63, 3.8) is 0 Å². The standard InChI is InChI=1S/C22H26N2O2S/c1-22(2,3)14-9-10-15-17(12-14)27-21-19(15)20(25)23-18(24-21)11-13-7-5-6-8-16(13)26-4/h5-8,14H,9-12H2,1-4H3,(H,23,24,25). The minimum atomic E-state index is -0.00314. The van der Waals surface area contributed by atoms with Crippen LogP contribution >= 0.6 is 11.3 Å². The van der Waals surface area contributed by atoms with Crippen LogP contribution in [-0.2, 0) is 19.3 Å². The van der Waals surface area contributed by atoms with Gasteiger partial charge in [0, 0.05) is 16.9 Å². The summed E-state index contributed by atoms with van der Waals surface area (Å²) in [6.45, 7) is 6.94. The molecule has 1 aliphatic carbocycles. The molecule has 0 amide bonds. The van der Waals surface area contributed by atoms with Crippen molar-refractivity contribution in [2.24, 2.45) is 11.3 Å². The molecule has 2 aromatic heterocycles. The first kappa shape index (κ1) is 18.2. The highest BCUT2D eigenvalue weighted by molar-refractivity contribution is 7.18. The summed E-state index contributed by atoms with van der Waals surface area (Å²) in [5.74, 6) is 2.17. The van der Waals surface area contributed by atoms with Gasteiger partial charge in [-0.1, -0.05) is 39.0 Å². The van der Waals surface area contributed by atoms with Gasteiger partial charge in [-0.05, 0) is 42.2 Å². The summed E-state index contributed by atoms with van der Waals surface area (Å²) < 4.78 is 5.43. The van der Waals surface area contributed by atoms with E-state index in [0.717, 1.165) is 40.8 Å². The van der Waals surface area contributed by atoms with E-state index in [1.807, 2.05) is 24.3 Å². The molecule has 0 spiro atoms. The molecule has 0 bridgehead atoms. The monoisotopic (exact) mass is 382 g/mol. The number of H-pyrrole nitrogens is 1. The average molecular weight is 383 g/mol. The zero-order valence-corrected chi connectivity index (χ0v) is 17.2. The van der Waals surface area contributed by atoms with E-state index in [9.17, 15) is 4.79 Å². The summed E-state index contributed by atoms with van der Waals surface area (Å²) in [6, 6.07) is 7.87. The highest BCUT2D eigenvalue weighted by atomic mass is 32.1. The maximum absolute atomic E-state index is 12.8. The first-order valence-corrected chi connectivity index (χ1v) is 10.3. The van der Waals surface area contributed by atoms with E-state index in [1.54, 1.807) is 18.4 Å². The maximum Gasteiger partial charge on any atom is 0.259 e. The molecule has 4 rings (SSSR count). The third kappa shape index (κ3) is 3.41. The van der Waals surface area contributed by atoms with E-state index >= 15 is 0 Å². The number of nitrogens with zero attached hydrogens (tertiary/aromatic N) is 1. The second-order valence-electron chi connectivity index (χ2n) is 8.49. The molecule has 1 aliphatic rings. The van der Waals surface area contributed by atoms with Gasteiger partial charge in [-0.2, -0.15) is 0 Å². The fourth-order valence-corrected chi connectivity index (χ4v) is 5.40. The second kappa shape index (κ2) is 6.79. The van der Waals surface area contributed by atoms with Gasteiger partial charge >= 0.3 is 0 Å². The Morgan fingerprint density at radius 3 is 2.81 bits per heavy atom. The smallest absolute Gasteiger partial charge is 0.259 e. The molecule has 1 atom stereocenters. The number of para-hydroxylation sites is 1. The van der Waals surface area contributed by atoms with Crippen molar-refractivity contribution in [1.82, 2.24) is 9.97 Å². The first-order valence-electron chi connectivity index (χ1n) is 9.52. The van der Waals surface area contributed by atoms with Gasteiger partial charge in [-0.15, -0.1) is 11.3 Å². The summed E-state index contributed by atoms with van der Waals surface area (Å²) >= 11 is 1.71. The van der Waals surface area contributed by atoms with Crippen molar-refractivity contribution < 1.29 is 4.74 Å². The number of aryl methyl sites for hydroxylation is 1. The van der Waals surface area contributed by atoms with Gasteiger partial charge in [-0.25, -0.2) is 4.98 Å². The molecule has 1 aromatic carbocycles. The Morgan fingerprint density at radius 1 is 1.30 bits per heavy atom. The van der Waals surface area contributed by atoms with E-state index < -0.39 is 0 Å². The molecule has 0 fully saturated rings. The third-order valence-electron chi connectivity index (χ3n) is 5.74. The van der Waals surface area contributed by atoms with Crippen LogP contribution in [0, 0.1) is 11.3 Å². The SMILES string of the molecule is COc1ccccc1Cc1nc2sc3c(c2c(=O)[nH]1)CCC(C(C)(C)C)C3. The quantitative estimate of drug-likeness (QED) is 0.712. The lowest BCUT2D eigenvalue weighted by molar-refractivity contribution is 0.218. The molecule has 4 nitrogen and oxygen atoms in total. The molecule has 2 heterocycles. The summed E-state index contributed by atoms with van der Waals surface area (Å²) in [5.41, 5.74) is 2.55. The van der Waals surface area contributed by atoms with Gasteiger partial charge in [-0.3, -0.25) is 4.79 Å². The Morgan fingerprint density at radius 2 is 2.07 bits per heavy atom. The number of hydrogen-bond acceptors (Lipinski definition) is 4. The number of aromatic nitrogens is 2. The van der Waals surface area contributed by atoms with Crippen LogP contribution in [0.25, 0.3) is 10.2 Å². The van der Waals surface area contributed by atoms with Crippen LogP contribution in [0.5, 0.6) is 5.75 Å². The van der Waals surface area contributed by atoms with Crippen LogP contribution in [0.1, 0.15) is 49.0 Å². The third-order valence-corrected chi connectivity index (χ3v) is 6.89. The van der Waals surface area contributed by atoms with Gasteiger partial charge in [0.1, 0.15) is 16.4 Å². The molecule has 1 unspecified atom stereocenters. The molecule has 3 aromatic rings. The highest BCUT2D eigenvalue weighted by Gasteiger charge is 2.31. The Balaban J connectivity index is 1.72. The van der Waals surface area contributed by atoms with Gasteiger partial charge in [0.2, 0.25) is 0 Å². The minimum Gasteiger partial charge on any atom is -0.496 e. The Kier molecular flexibility index (Phi) is 4.58. The lowest BCUT2D eigenvalue weighted by Gasteiger charge is -2.33. The molecule has 5 heteroatoms. The minimum absolute atomic E-state index is 0.00314. The van der Waals surface area contributed by atoms with E-state index in [0.29, 0.717) is 23.6 Å². The second-order valence-corrected chi connectivity index (χ2v) is 9.57. The van der Waals surface area contributed by atoms with Crippen molar-refractivity contribution in [3.05, 3.63) is 56.4 Å². The van der Waals surface area contributed by atoms with Crippen LogP contribution < -0.4 is 10.3 Å². The fraction of sp³-hybridized carbons (Fsp3) is 0.455. The van der Waals surface area contributed by atoms with E-state index in [2.05, 4.69) is 25.8 Å². The number of hydrogen-bond donors (Lipinski definition) is 1. The van der Waals surface area contributed by atoms with Gasteiger partial charge in [0.05, 0.1) is 12.5 Å². The van der Waals surface area contributed by atoms with Gasteiger partial charge in [0.25, 0.3) is 5.56 Å². The van der Waals surface area contributed by atoms with Crippen LogP contribution in [0.3, 0.4) is 0 Å². The number of rotatable bonds is 3. The largest absolute Gasteiger partial charge is 0.496 e. The van der Waals surface area contributed by atoms with Crippen LogP contribution in [-0.4, -0.2) is 17.1 Å². The molecule has 0 aliphatic heterocycles. The summed E-state index contributed by atoms with van der Waals surface area (Å²) in [7, 11) is 1.66. The highest BCUT2D eigenvalue weighted by Crippen LogP contribution is 2.42. The van der Waals surface area contributed by atoms with E-state index in [4.69, 9.17) is 9.72 Å². The van der Waals surface area contributed by atoms with Crippen molar-refractivity contribution in [2.45, 2.75) is 46.5 Å². The normalized spacial score (nSPS) is 17.1. The number of fused-ring (bicyclic) bond motifs is 3. The molecule has 27 heavy (non-hydrogen) atoms. The number of thiophene rings is 1. The zero-order chi connectivity index (χ0) is 19.2. The van der Waals surface area contributed by atoms with Crippen molar-refractivity contribution in [3.8, 4) is 5.75 Å². The molecule has 0 saturated carbocycles. The molecule has 0 radical (unpaired) electrons. The maximum atomic E-state index is 12.8. The molecule has 1 N–H and O–H groups in total. The van der Waals surface area contributed by atoms with Crippen LogP contribution in [0.15, 0.2) is 29.1 Å². The van der Waals surface area contributed by atoms with Gasteiger partial charge < -0.3 is 9.72 Å². The number of aromatic amines is 1. The molecule has 0 saturated heterocycles. The van der Waals surface area contributed by atoms with Crippen LogP contribution in [0.2, 0.25) is 0 Å². The fourth-order valence-electron chi connectivity index (χ4n) is 4.08. The Hall–Kier alpha value is -2.14. The Bertz CT molecular complexity index is 1040. The first-order chi connectivity index (χ1) is 12.9. The average Bonchev–Trinajstić information content (AvgIpc) is 2.99. The number of benzene rings is 1. The number of ether oxygens (including phenoxy) is 1.